The van der Waals surface area contributed by atoms with Crippen molar-refractivity contribution in [2.75, 3.05) is 6.61 Å². The standard InChI is InChI=1S/C29H27NO6/c1-2-3-4-20-35-26-14-8-23(9-15-26)13-19-29(32)36-27-16-10-22(11-17-27)12-18-28(31)24-6-5-7-25(21-24)30(33)34/h5-19,21H,2-4,20H2,1H3/b18-12+,19-13+. The fourth-order valence-corrected chi connectivity index (χ4v) is 3.22. The summed E-state index contributed by atoms with van der Waals surface area (Å²) >= 11 is 0. The van der Waals surface area contributed by atoms with E-state index in [0.29, 0.717) is 17.9 Å². The van der Waals surface area contributed by atoms with Gasteiger partial charge in [0.25, 0.3) is 5.69 Å². The summed E-state index contributed by atoms with van der Waals surface area (Å²) in [6.45, 7) is 2.84. The second kappa shape index (κ2) is 13.4. The van der Waals surface area contributed by atoms with Crippen LogP contribution in [0.2, 0.25) is 0 Å². The van der Waals surface area contributed by atoms with E-state index < -0.39 is 10.9 Å². The number of esters is 1. The van der Waals surface area contributed by atoms with Crippen molar-refractivity contribution in [3.05, 3.63) is 112 Å². The molecule has 0 radical (unpaired) electrons. The van der Waals surface area contributed by atoms with Crippen LogP contribution >= 0.6 is 0 Å². The normalized spacial score (nSPS) is 11.0. The van der Waals surface area contributed by atoms with Crippen LogP contribution in [-0.4, -0.2) is 23.3 Å². The van der Waals surface area contributed by atoms with E-state index in [9.17, 15) is 19.7 Å². The zero-order valence-corrected chi connectivity index (χ0v) is 20.0. The number of carbonyl (C=O) groups is 2. The summed E-state index contributed by atoms with van der Waals surface area (Å²) < 4.78 is 11.0. The maximum atomic E-state index is 12.3. The lowest BCUT2D eigenvalue weighted by Crippen LogP contribution is -2.03. The molecule has 0 spiro atoms. The van der Waals surface area contributed by atoms with E-state index in [1.54, 1.807) is 36.4 Å². The molecule has 0 aliphatic rings. The first-order valence-electron chi connectivity index (χ1n) is 11.6. The van der Waals surface area contributed by atoms with Gasteiger partial charge in [-0.2, -0.15) is 0 Å². The van der Waals surface area contributed by atoms with E-state index in [0.717, 1.165) is 30.6 Å². The van der Waals surface area contributed by atoms with Gasteiger partial charge in [0.1, 0.15) is 11.5 Å². The number of ketones is 1. The van der Waals surface area contributed by atoms with Crippen LogP contribution in [0.4, 0.5) is 5.69 Å². The highest BCUT2D eigenvalue weighted by Gasteiger charge is 2.09. The molecule has 7 heteroatoms. The molecular weight excluding hydrogens is 458 g/mol. The number of unbranched alkanes of at least 4 members (excludes halogenated alkanes) is 2. The fraction of sp³-hybridized carbons (Fsp3) is 0.172. The Labute approximate surface area is 209 Å². The molecule has 0 saturated carbocycles. The van der Waals surface area contributed by atoms with E-state index in [1.807, 2.05) is 24.3 Å². The summed E-state index contributed by atoms with van der Waals surface area (Å²) in [5, 5.41) is 10.9. The summed E-state index contributed by atoms with van der Waals surface area (Å²) in [5.41, 5.74) is 1.65. The number of allylic oxidation sites excluding steroid dienone is 1. The maximum Gasteiger partial charge on any atom is 0.336 e. The molecule has 0 aromatic heterocycles. The Kier molecular flexibility index (Phi) is 9.70. The van der Waals surface area contributed by atoms with E-state index in [2.05, 4.69) is 6.92 Å². The molecule has 0 aliphatic heterocycles. The molecule has 0 amide bonds. The minimum absolute atomic E-state index is 0.140. The van der Waals surface area contributed by atoms with Gasteiger partial charge in [-0.1, -0.05) is 62.2 Å². The average molecular weight is 486 g/mol. The van der Waals surface area contributed by atoms with E-state index in [-0.39, 0.29) is 17.0 Å². The van der Waals surface area contributed by atoms with Crippen LogP contribution < -0.4 is 9.47 Å². The molecule has 0 aliphatic carbocycles. The van der Waals surface area contributed by atoms with Gasteiger partial charge >= 0.3 is 5.97 Å². The van der Waals surface area contributed by atoms with E-state index >= 15 is 0 Å². The zero-order chi connectivity index (χ0) is 25.8. The molecule has 7 nitrogen and oxygen atoms in total. The predicted octanol–water partition coefficient (Wildman–Crippen LogP) is 6.68. The quantitative estimate of drug-likeness (QED) is 0.0540. The Morgan fingerprint density at radius 2 is 1.50 bits per heavy atom. The van der Waals surface area contributed by atoms with E-state index in [4.69, 9.17) is 9.47 Å². The van der Waals surface area contributed by atoms with Crippen molar-refractivity contribution in [3.8, 4) is 11.5 Å². The lowest BCUT2D eigenvalue weighted by atomic mass is 10.1. The summed E-state index contributed by atoms with van der Waals surface area (Å²) in [7, 11) is 0. The number of nitro groups is 1. The Balaban J connectivity index is 1.50. The van der Waals surface area contributed by atoms with Crippen molar-refractivity contribution in [1.82, 2.24) is 0 Å². The lowest BCUT2D eigenvalue weighted by Gasteiger charge is -2.05. The number of benzene rings is 3. The SMILES string of the molecule is CCCCCOc1ccc(/C=C/C(=O)Oc2ccc(/C=C/C(=O)c3cccc([N+](=O)[O-])c3)cc2)cc1. The molecule has 3 rings (SSSR count). The fourth-order valence-electron chi connectivity index (χ4n) is 3.22. The zero-order valence-electron chi connectivity index (χ0n) is 20.0. The third-order valence-corrected chi connectivity index (χ3v) is 5.18. The van der Waals surface area contributed by atoms with Crippen molar-refractivity contribution in [2.45, 2.75) is 26.2 Å². The molecule has 36 heavy (non-hydrogen) atoms. The Hall–Kier alpha value is -4.52. The number of nitro benzene ring substituents is 1. The molecule has 0 N–H and O–H groups in total. The number of rotatable bonds is 12. The van der Waals surface area contributed by atoms with Gasteiger partial charge in [-0.25, -0.2) is 4.79 Å². The highest BCUT2D eigenvalue weighted by molar-refractivity contribution is 6.07. The Bertz CT molecular complexity index is 1240. The first-order chi connectivity index (χ1) is 17.4. The minimum atomic E-state index is -0.545. The molecule has 0 unspecified atom stereocenters. The molecule has 0 atom stereocenters. The van der Waals surface area contributed by atoms with Crippen molar-refractivity contribution < 1.29 is 24.0 Å². The largest absolute Gasteiger partial charge is 0.494 e. The molecule has 0 heterocycles. The highest BCUT2D eigenvalue weighted by atomic mass is 16.6. The molecule has 184 valence electrons. The van der Waals surface area contributed by atoms with Gasteiger partial charge in [0.05, 0.1) is 11.5 Å². The predicted molar refractivity (Wildman–Crippen MR) is 139 cm³/mol. The van der Waals surface area contributed by atoms with Crippen LogP contribution in [0.5, 0.6) is 11.5 Å². The molecule has 0 fully saturated rings. The third kappa shape index (κ3) is 8.36. The Morgan fingerprint density at radius 3 is 2.14 bits per heavy atom. The molecule has 3 aromatic rings. The Morgan fingerprint density at radius 1 is 0.861 bits per heavy atom. The van der Waals surface area contributed by atoms with Crippen LogP contribution in [0.1, 0.15) is 47.7 Å². The van der Waals surface area contributed by atoms with Crippen LogP contribution in [-0.2, 0) is 4.79 Å². The van der Waals surface area contributed by atoms with Crippen LogP contribution in [0, 0.1) is 10.1 Å². The van der Waals surface area contributed by atoms with Crippen molar-refractivity contribution >= 4 is 29.6 Å². The summed E-state index contributed by atoms with van der Waals surface area (Å²) in [6, 6.07) is 19.7. The number of nitrogens with zero attached hydrogens (tertiary/aromatic N) is 1. The number of ether oxygens (including phenoxy) is 2. The highest BCUT2D eigenvalue weighted by Crippen LogP contribution is 2.17. The van der Waals surface area contributed by atoms with Gasteiger partial charge in [0.15, 0.2) is 5.78 Å². The van der Waals surface area contributed by atoms with Crippen LogP contribution in [0.25, 0.3) is 12.2 Å². The maximum absolute atomic E-state index is 12.3. The lowest BCUT2D eigenvalue weighted by molar-refractivity contribution is -0.384. The summed E-state index contributed by atoms with van der Waals surface area (Å²) in [5.74, 6) is 0.295. The van der Waals surface area contributed by atoms with Crippen molar-refractivity contribution in [3.63, 3.8) is 0 Å². The van der Waals surface area contributed by atoms with Gasteiger partial charge in [-0.3, -0.25) is 14.9 Å². The molecular formula is C29H27NO6. The summed E-state index contributed by atoms with van der Waals surface area (Å²) in [4.78, 5) is 34.8. The van der Waals surface area contributed by atoms with Gasteiger partial charge in [0, 0.05) is 23.8 Å². The van der Waals surface area contributed by atoms with E-state index in [1.165, 1.54) is 36.4 Å². The molecule has 3 aromatic carbocycles. The molecule has 0 bridgehead atoms. The third-order valence-electron chi connectivity index (χ3n) is 5.18. The van der Waals surface area contributed by atoms with Crippen LogP contribution in [0.3, 0.4) is 0 Å². The van der Waals surface area contributed by atoms with Crippen molar-refractivity contribution in [1.29, 1.82) is 0 Å². The number of carbonyl (C=O) groups excluding carboxylic acids is 2. The smallest absolute Gasteiger partial charge is 0.336 e. The second-order valence-electron chi connectivity index (χ2n) is 7.95. The van der Waals surface area contributed by atoms with Gasteiger partial charge in [0.2, 0.25) is 0 Å². The number of non-ortho nitro benzene ring substituents is 1. The molecule has 0 saturated heterocycles. The first kappa shape index (κ1) is 26.1. The number of hydrogen-bond acceptors (Lipinski definition) is 6. The monoisotopic (exact) mass is 485 g/mol. The van der Waals surface area contributed by atoms with Crippen LogP contribution in [0.15, 0.2) is 84.9 Å². The second-order valence-corrected chi connectivity index (χ2v) is 7.95. The van der Waals surface area contributed by atoms with Gasteiger partial charge in [-0.05, 0) is 54.0 Å². The van der Waals surface area contributed by atoms with Gasteiger partial charge in [-0.15, -0.1) is 0 Å². The average Bonchev–Trinajstić information content (AvgIpc) is 2.90. The number of hydrogen-bond donors (Lipinski definition) is 0. The topological polar surface area (TPSA) is 95.7 Å². The van der Waals surface area contributed by atoms with Gasteiger partial charge < -0.3 is 9.47 Å². The summed E-state index contributed by atoms with van der Waals surface area (Å²) in [6.07, 6.45) is 9.26. The first-order valence-corrected chi connectivity index (χ1v) is 11.6. The minimum Gasteiger partial charge on any atom is -0.494 e. The van der Waals surface area contributed by atoms with Crippen molar-refractivity contribution in [2.24, 2.45) is 0 Å².